The fourth-order valence-corrected chi connectivity index (χ4v) is 1.94. The molecule has 0 unspecified atom stereocenters. The molecule has 0 saturated carbocycles. The topological polar surface area (TPSA) is 56.1 Å². The number of carbonyl (C=O) groups excluding carboxylic acids is 1. The van der Waals surface area contributed by atoms with Gasteiger partial charge in [0.25, 0.3) is 0 Å². The third-order valence-electron chi connectivity index (χ3n) is 2.87. The fourth-order valence-electron chi connectivity index (χ4n) is 1.94. The van der Waals surface area contributed by atoms with Gasteiger partial charge in [-0.3, -0.25) is 4.79 Å². The smallest absolute Gasteiger partial charge is 0.307 e. The van der Waals surface area contributed by atoms with Crippen molar-refractivity contribution >= 4 is 5.97 Å². The highest BCUT2D eigenvalue weighted by Gasteiger charge is 2.05. The lowest BCUT2D eigenvalue weighted by atomic mass is 10.2. The van der Waals surface area contributed by atoms with Crippen molar-refractivity contribution in [3.05, 3.63) is 48.3 Å². The van der Waals surface area contributed by atoms with E-state index in [1.807, 2.05) is 48.1 Å². The standard InChI is InChI=1S/C15H19N3O2/c1-2-20-15(19)8-10-16-12-13-6-3-4-7-14(13)18-11-5-9-17-18/h3-7,9,11,16H,2,8,10,12H2,1H3. The van der Waals surface area contributed by atoms with Gasteiger partial charge >= 0.3 is 5.97 Å². The molecular formula is C15H19N3O2. The van der Waals surface area contributed by atoms with Gasteiger partial charge < -0.3 is 10.1 Å². The maximum Gasteiger partial charge on any atom is 0.307 e. The first kappa shape index (κ1) is 14.3. The van der Waals surface area contributed by atoms with Crippen LogP contribution >= 0.6 is 0 Å². The molecule has 0 radical (unpaired) electrons. The van der Waals surface area contributed by atoms with Crippen molar-refractivity contribution in [1.29, 1.82) is 0 Å². The van der Waals surface area contributed by atoms with Crippen LogP contribution in [0.3, 0.4) is 0 Å². The molecule has 0 aliphatic carbocycles. The predicted octanol–water partition coefficient (Wildman–Crippen LogP) is 1.92. The minimum absolute atomic E-state index is 0.166. The van der Waals surface area contributed by atoms with Crippen LogP contribution < -0.4 is 5.32 Å². The SMILES string of the molecule is CCOC(=O)CCNCc1ccccc1-n1cccn1. The molecule has 2 aromatic rings. The molecule has 1 heterocycles. The van der Waals surface area contributed by atoms with Crippen molar-refractivity contribution in [3.8, 4) is 5.69 Å². The van der Waals surface area contributed by atoms with Crippen LogP contribution in [0.5, 0.6) is 0 Å². The van der Waals surface area contributed by atoms with E-state index in [0.29, 0.717) is 26.1 Å². The number of nitrogens with one attached hydrogen (secondary N) is 1. The highest BCUT2D eigenvalue weighted by molar-refractivity contribution is 5.69. The molecule has 5 nitrogen and oxygen atoms in total. The molecular weight excluding hydrogens is 254 g/mol. The highest BCUT2D eigenvalue weighted by atomic mass is 16.5. The normalized spacial score (nSPS) is 10.4. The Labute approximate surface area is 118 Å². The van der Waals surface area contributed by atoms with Gasteiger partial charge in [0.05, 0.1) is 18.7 Å². The maximum absolute atomic E-state index is 11.2. The Morgan fingerprint density at radius 3 is 2.95 bits per heavy atom. The minimum Gasteiger partial charge on any atom is -0.466 e. The Kier molecular flexibility index (Phi) is 5.32. The quantitative estimate of drug-likeness (QED) is 0.618. The lowest BCUT2D eigenvalue weighted by molar-refractivity contribution is -0.142. The van der Waals surface area contributed by atoms with Gasteiger partial charge in [-0.2, -0.15) is 5.10 Å². The Hall–Kier alpha value is -2.14. The molecule has 0 spiro atoms. The largest absolute Gasteiger partial charge is 0.466 e. The van der Waals surface area contributed by atoms with Crippen molar-refractivity contribution in [2.24, 2.45) is 0 Å². The number of hydrogen-bond acceptors (Lipinski definition) is 4. The van der Waals surface area contributed by atoms with Crippen molar-refractivity contribution < 1.29 is 9.53 Å². The zero-order valence-corrected chi connectivity index (χ0v) is 11.6. The maximum atomic E-state index is 11.2. The van der Waals surface area contributed by atoms with Gasteiger partial charge in [-0.1, -0.05) is 18.2 Å². The van der Waals surface area contributed by atoms with Gasteiger partial charge in [0.1, 0.15) is 0 Å². The Morgan fingerprint density at radius 2 is 2.20 bits per heavy atom. The number of ether oxygens (including phenoxy) is 1. The number of aromatic nitrogens is 2. The molecule has 0 saturated heterocycles. The summed E-state index contributed by atoms with van der Waals surface area (Å²) in [6, 6.07) is 9.95. The van der Waals surface area contributed by atoms with Gasteiger partial charge in [0, 0.05) is 25.5 Å². The van der Waals surface area contributed by atoms with Gasteiger partial charge in [-0.15, -0.1) is 0 Å². The summed E-state index contributed by atoms with van der Waals surface area (Å²) in [5, 5.41) is 7.49. The van der Waals surface area contributed by atoms with E-state index in [1.54, 1.807) is 6.20 Å². The van der Waals surface area contributed by atoms with Gasteiger partial charge in [-0.05, 0) is 24.6 Å². The zero-order valence-electron chi connectivity index (χ0n) is 11.6. The summed E-state index contributed by atoms with van der Waals surface area (Å²) >= 11 is 0. The van der Waals surface area contributed by atoms with Crippen molar-refractivity contribution in [2.75, 3.05) is 13.2 Å². The number of rotatable bonds is 7. The van der Waals surface area contributed by atoms with Crippen LogP contribution in [0, 0.1) is 0 Å². The third kappa shape index (κ3) is 3.93. The van der Waals surface area contributed by atoms with E-state index < -0.39 is 0 Å². The second kappa shape index (κ2) is 7.45. The number of hydrogen-bond donors (Lipinski definition) is 1. The average Bonchev–Trinajstić information content (AvgIpc) is 2.98. The summed E-state index contributed by atoms with van der Waals surface area (Å²) in [5.74, 6) is -0.166. The first-order valence-corrected chi connectivity index (χ1v) is 6.75. The molecule has 20 heavy (non-hydrogen) atoms. The molecule has 0 atom stereocenters. The summed E-state index contributed by atoms with van der Waals surface area (Å²) in [6.07, 6.45) is 4.06. The van der Waals surface area contributed by atoms with E-state index in [-0.39, 0.29) is 5.97 Å². The van der Waals surface area contributed by atoms with Crippen LogP contribution in [-0.4, -0.2) is 28.9 Å². The van der Waals surface area contributed by atoms with Gasteiger partial charge in [0.2, 0.25) is 0 Å². The van der Waals surface area contributed by atoms with Crippen LogP contribution in [0.1, 0.15) is 18.9 Å². The van der Waals surface area contributed by atoms with E-state index in [0.717, 1.165) is 11.3 Å². The van der Waals surface area contributed by atoms with Gasteiger partial charge in [0.15, 0.2) is 0 Å². The van der Waals surface area contributed by atoms with E-state index in [1.165, 1.54) is 0 Å². The first-order chi connectivity index (χ1) is 9.81. The molecule has 1 aromatic heterocycles. The summed E-state index contributed by atoms with van der Waals surface area (Å²) in [5.41, 5.74) is 2.18. The Balaban J connectivity index is 1.89. The van der Waals surface area contributed by atoms with E-state index >= 15 is 0 Å². The van der Waals surface area contributed by atoms with E-state index in [2.05, 4.69) is 10.4 Å². The molecule has 0 amide bonds. The number of carbonyl (C=O) groups is 1. The summed E-state index contributed by atoms with van der Waals surface area (Å²) in [6.45, 7) is 3.54. The summed E-state index contributed by atoms with van der Waals surface area (Å²) in [7, 11) is 0. The van der Waals surface area contributed by atoms with Crippen LogP contribution in [0.4, 0.5) is 0 Å². The minimum atomic E-state index is -0.166. The van der Waals surface area contributed by atoms with Crippen LogP contribution in [0.25, 0.3) is 5.69 Å². The Morgan fingerprint density at radius 1 is 1.35 bits per heavy atom. The van der Waals surface area contributed by atoms with Crippen molar-refractivity contribution in [1.82, 2.24) is 15.1 Å². The molecule has 106 valence electrons. The second-order valence-electron chi connectivity index (χ2n) is 4.31. The van der Waals surface area contributed by atoms with Crippen molar-refractivity contribution in [3.63, 3.8) is 0 Å². The molecule has 0 aliphatic rings. The molecule has 1 N–H and O–H groups in total. The molecule has 0 aliphatic heterocycles. The van der Waals surface area contributed by atoms with Crippen LogP contribution in [0.15, 0.2) is 42.7 Å². The Bertz CT molecular complexity index is 538. The van der Waals surface area contributed by atoms with E-state index in [9.17, 15) is 4.79 Å². The summed E-state index contributed by atoms with van der Waals surface area (Å²) < 4.78 is 6.72. The second-order valence-corrected chi connectivity index (χ2v) is 4.31. The first-order valence-electron chi connectivity index (χ1n) is 6.75. The number of esters is 1. The molecule has 0 bridgehead atoms. The van der Waals surface area contributed by atoms with E-state index in [4.69, 9.17) is 4.74 Å². The van der Waals surface area contributed by atoms with Gasteiger partial charge in [-0.25, -0.2) is 4.68 Å². The monoisotopic (exact) mass is 273 g/mol. The molecule has 2 rings (SSSR count). The number of benzene rings is 1. The molecule has 1 aromatic carbocycles. The molecule has 5 heteroatoms. The highest BCUT2D eigenvalue weighted by Crippen LogP contribution is 2.12. The lowest BCUT2D eigenvalue weighted by Gasteiger charge is -2.10. The third-order valence-corrected chi connectivity index (χ3v) is 2.87. The van der Waals surface area contributed by atoms with Crippen LogP contribution in [0.2, 0.25) is 0 Å². The summed E-state index contributed by atoms with van der Waals surface area (Å²) in [4.78, 5) is 11.2. The molecule has 0 fully saturated rings. The average molecular weight is 273 g/mol. The lowest BCUT2D eigenvalue weighted by Crippen LogP contribution is -2.20. The van der Waals surface area contributed by atoms with Crippen LogP contribution in [-0.2, 0) is 16.1 Å². The van der Waals surface area contributed by atoms with Crippen molar-refractivity contribution in [2.45, 2.75) is 19.9 Å². The number of nitrogens with zero attached hydrogens (tertiary/aromatic N) is 2. The fraction of sp³-hybridized carbons (Fsp3) is 0.333. The predicted molar refractivity (Wildman–Crippen MR) is 76.5 cm³/mol. The zero-order chi connectivity index (χ0) is 14.2. The number of para-hydroxylation sites is 1.